The summed E-state index contributed by atoms with van der Waals surface area (Å²) in [5.74, 6) is 0.508. The molecule has 0 radical (unpaired) electrons. The molecule has 2 aromatic carbocycles. The number of halogens is 1. The highest BCUT2D eigenvalue weighted by Crippen LogP contribution is 2.07. The number of nitrogens with zero attached hydrogens (tertiary/aromatic N) is 1. The standard InChI is InChI=1S/C22H29N5O2.HI/c1-4-25-22(27-15-17-8-6-10-19(14-17)21(29)24-3)26-12-11-16-7-5-9-18(13-16)20(28)23-2;/h5-10,13-14H,4,11-12,15H2,1-3H3,(H,23,28)(H,24,29)(H2,25,26,27);1H. The van der Waals surface area contributed by atoms with Crippen molar-refractivity contribution in [3.8, 4) is 0 Å². The number of guanidine groups is 1. The number of hydrogen-bond donors (Lipinski definition) is 4. The molecule has 7 nitrogen and oxygen atoms in total. The van der Waals surface area contributed by atoms with Crippen molar-refractivity contribution in [1.29, 1.82) is 0 Å². The predicted molar refractivity (Wildman–Crippen MR) is 132 cm³/mol. The number of hydrogen-bond acceptors (Lipinski definition) is 3. The summed E-state index contributed by atoms with van der Waals surface area (Å²) < 4.78 is 0. The van der Waals surface area contributed by atoms with Crippen molar-refractivity contribution < 1.29 is 9.59 Å². The molecule has 8 heteroatoms. The van der Waals surface area contributed by atoms with Crippen molar-refractivity contribution >= 4 is 41.8 Å². The van der Waals surface area contributed by atoms with E-state index in [0.717, 1.165) is 24.1 Å². The lowest BCUT2D eigenvalue weighted by atomic mass is 10.1. The molecule has 0 aliphatic heterocycles. The average Bonchev–Trinajstić information content (AvgIpc) is 2.76. The average molecular weight is 523 g/mol. The predicted octanol–water partition coefficient (Wildman–Crippen LogP) is 2.32. The number of carbonyl (C=O) groups excluding carboxylic acids is 2. The fraction of sp³-hybridized carbons (Fsp3) is 0.318. The van der Waals surface area contributed by atoms with Crippen LogP contribution in [0.3, 0.4) is 0 Å². The van der Waals surface area contributed by atoms with Crippen molar-refractivity contribution in [3.63, 3.8) is 0 Å². The van der Waals surface area contributed by atoms with Crippen LogP contribution in [0.1, 0.15) is 38.8 Å². The maximum absolute atomic E-state index is 11.8. The summed E-state index contributed by atoms with van der Waals surface area (Å²) in [5, 5.41) is 11.8. The second-order valence-corrected chi connectivity index (χ2v) is 6.43. The lowest BCUT2D eigenvalue weighted by molar-refractivity contribution is 0.0955. The topological polar surface area (TPSA) is 94.6 Å². The lowest BCUT2D eigenvalue weighted by Gasteiger charge is -2.12. The highest BCUT2D eigenvalue weighted by Gasteiger charge is 2.05. The van der Waals surface area contributed by atoms with Gasteiger partial charge in [0, 0.05) is 38.3 Å². The fourth-order valence-corrected chi connectivity index (χ4v) is 2.81. The Bertz CT molecular complexity index is 870. The fourth-order valence-electron chi connectivity index (χ4n) is 2.81. The normalized spacial score (nSPS) is 10.6. The van der Waals surface area contributed by atoms with Gasteiger partial charge in [-0.3, -0.25) is 9.59 Å². The minimum absolute atomic E-state index is 0. The van der Waals surface area contributed by atoms with Gasteiger partial charge in [-0.25, -0.2) is 4.99 Å². The molecule has 2 rings (SSSR count). The first-order valence-corrected chi connectivity index (χ1v) is 9.71. The van der Waals surface area contributed by atoms with Gasteiger partial charge in [0.2, 0.25) is 0 Å². The SMILES string of the molecule is CCNC(=NCc1cccc(C(=O)NC)c1)NCCc1cccc(C(=O)NC)c1.I. The third-order valence-corrected chi connectivity index (χ3v) is 4.30. The largest absolute Gasteiger partial charge is 0.357 e. The zero-order valence-corrected chi connectivity index (χ0v) is 19.9. The quantitative estimate of drug-likeness (QED) is 0.243. The van der Waals surface area contributed by atoms with Crippen molar-refractivity contribution in [1.82, 2.24) is 21.3 Å². The Balaban J connectivity index is 0.00000450. The summed E-state index contributed by atoms with van der Waals surface area (Å²) in [6.45, 7) is 3.90. The van der Waals surface area contributed by atoms with Crippen LogP contribution in [0.4, 0.5) is 0 Å². The number of rotatable bonds is 8. The van der Waals surface area contributed by atoms with E-state index in [4.69, 9.17) is 0 Å². The van der Waals surface area contributed by atoms with Gasteiger partial charge in [-0.15, -0.1) is 24.0 Å². The number of aliphatic imine (C=N–C) groups is 1. The van der Waals surface area contributed by atoms with Gasteiger partial charge in [0.15, 0.2) is 5.96 Å². The Kier molecular flexibility index (Phi) is 11.5. The number of benzene rings is 2. The van der Waals surface area contributed by atoms with Gasteiger partial charge < -0.3 is 21.3 Å². The summed E-state index contributed by atoms with van der Waals surface area (Å²) in [5.41, 5.74) is 3.31. The molecule has 0 saturated heterocycles. The summed E-state index contributed by atoms with van der Waals surface area (Å²) in [7, 11) is 3.24. The molecule has 0 saturated carbocycles. The van der Waals surface area contributed by atoms with E-state index in [2.05, 4.69) is 26.3 Å². The molecule has 0 fully saturated rings. The Hall–Kier alpha value is -2.62. The van der Waals surface area contributed by atoms with Gasteiger partial charge in [0.1, 0.15) is 0 Å². The zero-order chi connectivity index (χ0) is 21.1. The van der Waals surface area contributed by atoms with E-state index in [0.29, 0.717) is 30.2 Å². The maximum atomic E-state index is 11.8. The van der Waals surface area contributed by atoms with Gasteiger partial charge >= 0.3 is 0 Å². The van der Waals surface area contributed by atoms with Crippen LogP contribution in [0.2, 0.25) is 0 Å². The molecule has 0 heterocycles. The first-order chi connectivity index (χ1) is 14.1. The molecule has 2 aromatic rings. The Morgan fingerprint density at radius 2 is 1.43 bits per heavy atom. The first kappa shape index (κ1) is 25.4. The van der Waals surface area contributed by atoms with Crippen LogP contribution < -0.4 is 21.3 Å². The van der Waals surface area contributed by atoms with Crippen molar-refractivity contribution in [2.45, 2.75) is 19.9 Å². The smallest absolute Gasteiger partial charge is 0.251 e. The van der Waals surface area contributed by atoms with Crippen molar-refractivity contribution in [2.24, 2.45) is 4.99 Å². The second-order valence-electron chi connectivity index (χ2n) is 6.43. The third kappa shape index (κ3) is 8.02. The number of amides is 2. The van der Waals surface area contributed by atoms with Crippen LogP contribution in [0.15, 0.2) is 53.5 Å². The van der Waals surface area contributed by atoms with Gasteiger partial charge in [0.05, 0.1) is 6.54 Å². The molecule has 30 heavy (non-hydrogen) atoms. The van der Waals surface area contributed by atoms with Gasteiger partial charge in [-0.1, -0.05) is 24.3 Å². The molecule has 0 spiro atoms. The number of nitrogens with one attached hydrogen (secondary N) is 4. The van der Waals surface area contributed by atoms with Crippen LogP contribution in [-0.4, -0.2) is 45.0 Å². The molecule has 0 bridgehead atoms. The molecule has 162 valence electrons. The summed E-state index contributed by atoms with van der Waals surface area (Å²) in [4.78, 5) is 28.1. The van der Waals surface area contributed by atoms with E-state index in [1.165, 1.54) is 0 Å². The Labute approximate surface area is 195 Å². The molecular formula is C22H30IN5O2. The van der Waals surface area contributed by atoms with E-state index in [1.807, 2.05) is 43.3 Å². The van der Waals surface area contributed by atoms with E-state index in [1.54, 1.807) is 26.2 Å². The van der Waals surface area contributed by atoms with Gasteiger partial charge in [0.25, 0.3) is 11.8 Å². The highest BCUT2D eigenvalue weighted by molar-refractivity contribution is 14.0. The monoisotopic (exact) mass is 523 g/mol. The molecule has 4 N–H and O–H groups in total. The van der Waals surface area contributed by atoms with Crippen molar-refractivity contribution in [2.75, 3.05) is 27.2 Å². The summed E-state index contributed by atoms with van der Waals surface area (Å²) in [6, 6.07) is 15.0. The third-order valence-electron chi connectivity index (χ3n) is 4.30. The number of carbonyl (C=O) groups is 2. The van der Waals surface area contributed by atoms with E-state index in [9.17, 15) is 9.59 Å². The van der Waals surface area contributed by atoms with Crippen LogP contribution >= 0.6 is 24.0 Å². The molecule has 0 unspecified atom stereocenters. The van der Waals surface area contributed by atoms with Crippen molar-refractivity contribution in [3.05, 3.63) is 70.8 Å². The van der Waals surface area contributed by atoms with Crippen LogP contribution in [0.5, 0.6) is 0 Å². The minimum Gasteiger partial charge on any atom is -0.357 e. The van der Waals surface area contributed by atoms with E-state index < -0.39 is 0 Å². The molecule has 2 amide bonds. The highest BCUT2D eigenvalue weighted by atomic mass is 127. The molecular weight excluding hydrogens is 493 g/mol. The second kappa shape index (κ2) is 13.6. The van der Waals surface area contributed by atoms with Crippen LogP contribution in [0.25, 0.3) is 0 Å². The molecule has 0 aliphatic rings. The van der Waals surface area contributed by atoms with Crippen LogP contribution in [0, 0.1) is 0 Å². The molecule has 0 aliphatic carbocycles. The summed E-state index contributed by atoms with van der Waals surface area (Å²) in [6.07, 6.45) is 0.765. The maximum Gasteiger partial charge on any atom is 0.251 e. The molecule has 0 atom stereocenters. The summed E-state index contributed by atoms with van der Waals surface area (Å²) >= 11 is 0. The lowest BCUT2D eigenvalue weighted by Crippen LogP contribution is -2.38. The first-order valence-electron chi connectivity index (χ1n) is 9.71. The van der Waals surface area contributed by atoms with Crippen LogP contribution in [-0.2, 0) is 13.0 Å². The van der Waals surface area contributed by atoms with Gasteiger partial charge in [-0.2, -0.15) is 0 Å². The Morgan fingerprint density at radius 1 is 0.867 bits per heavy atom. The van der Waals surface area contributed by atoms with E-state index in [-0.39, 0.29) is 35.8 Å². The Morgan fingerprint density at radius 3 is 2.00 bits per heavy atom. The molecule has 0 aromatic heterocycles. The zero-order valence-electron chi connectivity index (χ0n) is 17.6. The minimum atomic E-state index is -0.111. The van der Waals surface area contributed by atoms with Gasteiger partial charge in [-0.05, 0) is 48.7 Å². The van der Waals surface area contributed by atoms with E-state index >= 15 is 0 Å².